The second-order valence-electron chi connectivity index (χ2n) is 3.66. The molecule has 1 aromatic carbocycles. The average Bonchev–Trinajstić information content (AvgIpc) is 2.99. The summed E-state index contributed by atoms with van der Waals surface area (Å²) >= 11 is 5.78. The zero-order chi connectivity index (χ0) is 9.80. The van der Waals surface area contributed by atoms with Crippen LogP contribution in [0.4, 0.5) is 5.69 Å². The van der Waals surface area contributed by atoms with Crippen molar-refractivity contribution in [1.29, 1.82) is 0 Å². The fourth-order valence-electron chi connectivity index (χ4n) is 1.34. The van der Waals surface area contributed by atoms with E-state index < -0.39 is 0 Å². The van der Waals surface area contributed by atoms with E-state index in [4.69, 9.17) is 11.6 Å². The molecule has 0 amide bonds. The van der Waals surface area contributed by atoms with E-state index in [1.165, 1.54) is 12.8 Å². The summed E-state index contributed by atoms with van der Waals surface area (Å²) in [6, 6.07) is 8.59. The van der Waals surface area contributed by atoms with Crippen LogP contribution in [0.25, 0.3) is 0 Å². The summed E-state index contributed by atoms with van der Waals surface area (Å²) in [5.74, 6) is 0. The predicted molar refractivity (Wildman–Crippen MR) is 61.0 cm³/mol. The first-order valence-electron chi connectivity index (χ1n) is 5.07. The summed E-state index contributed by atoms with van der Waals surface area (Å²) in [6.45, 7) is 2.01. The smallest absolute Gasteiger partial charge is 0.0407 e. The molecule has 0 radical (unpaired) electrons. The van der Waals surface area contributed by atoms with Crippen LogP contribution in [0.15, 0.2) is 24.3 Å². The molecule has 1 saturated carbocycles. The van der Waals surface area contributed by atoms with Crippen molar-refractivity contribution < 1.29 is 0 Å². The Balaban J connectivity index is 1.66. The summed E-state index contributed by atoms with van der Waals surface area (Å²) in [6.07, 6.45) is 2.70. The van der Waals surface area contributed by atoms with Crippen molar-refractivity contribution >= 4 is 17.3 Å². The molecule has 0 atom stereocenters. The largest absolute Gasteiger partial charge is 0.384 e. The Morgan fingerprint density at radius 3 is 2.50 bits per heavy atom. The Morgan fingerprint density at radius 2 is 1.86 bits per heavy atom. The van der Waals surface area contributed by atoms with Gasteiger partial charge in [0.15, 0.2) is 0 Å². The molecule has 0 aliphatic heterocycles. The second kappa shape index (κ2) is 4.67. The molecule has 0 unspecified atom stereocenters. The minimum absolute atomic E-state index is 0.784. The predicted octanol–water partition coefficient (Wildman–Crippen LogP) is 2.50. The maximum absolute atomic E-state index is 5.78. The summed E-state index contributed by atoms with van der Waals surface area (Å²) in [7, 11) is 0. The van der Waals surface area contributed by atoms with E-state index in [9.17, 15) is 0 Å². The third-order valence-electron chi connectivity index (χ3n) is 2.31. The lowest BCUT2D eigenvalue weighted by molar-refractivity contribution is 0.701. The highest BCUT2D eigenvalue weighted by molar-refractivity contribution is 6.30. The minimum atomic E-state index is 0.784. The van der Waals surface area contributed by atoms with Gasteiger partial charge in [-0.05, 0) is 37.1 Å². The monoisotopic (exact) mass is 210 g/mol. The molecular formula is C11H15ClN2. The Morgan fingerprint density at radius 1 is 1.14 bits per heavy atom. The quantitative estimate of drug-likeness (QED) is 0.730. The molecule has 0 aromatic heterocycles. The van der Waals surface area contributed by atoms with Gasteiger partial charge in [-0.3, -0.25) is 0 Å². The Labute approximate surface area is 89.7 Å². The number of hydrogen-bond donors (Lipinski definition) is 2. The van der Waals surface area contributed by atoms with Gasteiger partial charge in [0, 0.05) is 29.8 Å². The molecule has 3 heteroatoms. The fourth-order valence-corrected chi connectivity index (χ4v) is 1.46. The van der Waals surface area contributed by atoms with Crippen molar-refractivity contribution in [2.75, 3.05) is 18.4 Å². The molecule has 0 spiro atoms. The van der Waals surface area contributed by atoms with Gasteiger partial charge in [-0.15, -0.1) is 0 Å². The first-order valence-corrected chi connectivity index (χ1v) is 5.45. The summed E-state index contributed by atoms with van der Waals surface area (Å²) < 4.78 is 0. The lowest BCUT2D eigenvalue weighted by atomic mass is 10.3. The Hall–Kier alpha value is -0.730. The van der Waals surface area contributed by atoms with Gasteiger partial charge in [-0.2, -0.15) is 0 Å². The van der Waals surface area contributed by atoms with Crippen molar-refractivity contribution in [1.82, 2.24) is 5.32 Å². The average molecular weight is 211 g/mol. The van der Waals surface area contributed by atoms with Crippen LogP contribution in [-0.4, -0.2) is 19.1 Å². The van der Waals surface area contributed by atoms with Gasteiger partial charge in [0.2, 0.25) is 0 Å². The van der Waals surface area contributed by atoms with Crippen LogP contribution in [0.5, 0.6) is 0 Å². The van der Waals surface area contributed by atoms with Crippen molar-refractivity contribution in [3.05, 3.63) is 29.3 Å². The van der Waals surface area contributed by atoms with E-state index in [-0.39, 0.29) is 0 Å². The molecule has 0 bridgehead atoms. The maximum atomic E-state index is 5.78. The second-order valence-corrected chi connectivity index (χ2v) is 4.10. The molecule has 0 heterocycles. The van der Waals surface area contributed by atoms with Gasteiger partial charge in [-0.25, -0.2) is 0 Å². The maximum Gasteiger partial charge on any atom is 0.0407 e. The molecule has 2 nitrogen and oxygen atoms in total. The first kappa shape index (κ1) is 9.81. The Bertz CT molecular complexity index is 280. The molecule has 14 heavy (non-hydrogen) atoms. The van der Waals surface area contributed by atoms with Crippen LogP contribution in [0, 0.1) is 0 Å². The van der Waals surface area contributed by atoms with E-state index in [1.807, 2.05) is 24.3 Å². The molecule has 2 rings (SSSR count). The number of anilines is 1. The van der Waals surface area contributed by atoms with Gasteiger partial charge < -0.3 is 10.6 Å². The van der Waals surface area contributed by atoms with Crippen molar-refractivity contribution in [3.63, 3.8) is 0 Å². The number of benzene rings is 1. The number of rotatable bonds is 5. The molecule has 1 fully saturated rings. The van der Waals surface area contributed by atoms with Crippen LogP contribution < -0.4 is 10.6 Å². The standard InChI is InChI=1S/C11H15ClN2/c12-9-1-3-10(4-2-9)13-7-8-14-11-5-6-11/h1-4,11,13-14H,5-8H2. The van der Waals surface area contributed by atoms with Gasteiger partial charge in [-0.1, -0.05) is 11.6 Å². The van der Waals surface area contributed by atoms with Crippen LogP contribution in [0.2, 0.25) is 5.02 Å². The zero-order valence-corrected chi connectivity index (χ0v) is 8.85. The zero-order valence-electron chi connectivity index (χ0n) is 8.09. The first-order chi connectivity index (χ1) is 6.84. The summed E-state index contributed by atoms with van der Waals surface area (Å²) in [5, 5.41) is 7.57. The van der Waals surface area contributed by atoms with Gasteiger partial charge in [0.25, 0.3) is 0 Å². The lowest BCUT2D eigenvalue weighted by Crippen LogP contribution is -2.23. The molecular weight excluding hydrogens is 196 g/mol. The van der Waals surface area contributed by atoms with Crippen LogP contribution >= 0.6 is 11.6 Å². The van der Waals surface area contributed by atoms with Crippen molar-refractivity contribution in [2.45, 2.75) is 18.9 Å². The molecule has 1 aromatic rings. The molecule has 0 saturated heterocycles. The van der Waals surface area contributed by atoms with E-state index >= 15 is 0 Å². The molecule has 1 aliphatic rings. The van der Waals surface area contributed by atoms with E-state index in [0.717, 1.165) is 29.8 Å². The Kier molecular flexibility index (Phi) is 3.27. The van der Waals surface area contributed by atoms with Crippen LogP contribution in [0.3, 0.4) is 0 Å². The fraction of sp³-hybridized carbons (Fsp3) is 0.455. The molecule has 76 valence electrons. The van der Waals surface area contributed by atoms with Gasteiger partial charge in [0.1, 0.15) is 0 Å². The van der Waals surface area contributed by atoms with Crippen LogP contribution in [0.1, 0.15) is 12.8 Å². The minimum Gasteiger partial charge on any atom is -0.384 e. The highest BCUT2D eigenvalue weighted by atomic mass is 35.5. The topological polar surface area (TPSA) is 24.1 Å². The van der Waals surface area contributed by atoms with Crippen molar-refractivity contribution in [3.8, 4) is 0 Å². The van der Waals surface area contributed by atoms with Gasteiger partial charge >= 0.3 is 0 Å². The summed E-state index contributed by atoms with van der Waals surface area (Å²) in [5.41, 5.74) is 1.13. The third kappa shape index (κ3) is 3.20. The number of nitrogens with one attached hydrogen (secondary N) is 2. The SMILES string of the molecule is Clc1ccc(NCCNC2CC2)cc1. The van der Waals surface area contributed by atoms with Gasteiger partial charge in [0.05, 0.1) is 0 Å². The van der Waals surface area contributed by atoms with E-state index in [1.54, 1.807) is 0 Å². The normalized spacial score (nSPS) is 15.5. The molecule has 1 aliphatic carbocycles. The van der Waals surface area contributed by atoms with Crippen molar-refractivity contribution in [2.24, 2.45) is 0 Å². The van der Waals surface area contributed by atoms with Crippen LogP contribution in [-0.2, 0) is 0 Å². The van der Waals surface area contributed by atoms with E-state index in [2.05, 4.69) is 10.6 Å². The van der Waals surface area contributed by atoms with E-state index in [0.29, 0.717) is 0 Å². The number of halogens is 1. The molecule has 2 N–H and O–H groups in total. The third-order valence-corrected chi connectivity index (χ3v) is 2.56. The highest BCUT2D eigenvalue weighted by Crippen LogP contribution is 2.18. The summed E-state index contributed by atoms with van der Waals surface area (Å²) in [4.78, 5) is 0. The number of hydrogen-bond acceptors (Lipinski definition) is 2. The highest BCUT2D eigenvalue weighted by Gasteiger charge is 2.19. The lowest BCUT2D eigenvalue weighted by Gasteiger charge is -2.06.